The van der Waals surface area contributed by atoms with Crippen LogP contribution in [0.25, 0.3) is 10.9 Å². The number of hydrogen-bond donors (Lipinski definition) is 1. The lowest BCUT2D eigenvalue weighted by Gasteiger charge is -2.22. The van der Waals surface area contributed by atoms with Crippen molar-refractivity contribution in [1.29, 1.82) is 0 Å². The molecule has 30 heavy (non-hydrogen) atoms. The molecular weight excluding hydrogens is 457 g/mol. The highest BCUT2D eigenvalue weighted by atomic mass is 79.9. The second kappa shape index (κ2) is 10.2. The van der Waals surface area contributed by atoms with Crippen LogP contribution in [0.5, 0.6) is 0 Å². The first-order chi connectivity index (χ1) is 14.4. The van der Waals surface area contributed by atoms with Crippen LogP contribution >= 0.6 is 15.9 Å². The summed E-state index contributed by atoms with van der Waals surface area (Å²) in [7, 11) is 0. The summed E-state index contributed by atoms with van der Waals surface area (Å²) in [5.41, 5.74) is 1.60. The first kappa shape index (κ1) is 22.5. The molecule has 0 aliphatic heterocycles. The zero-order valence-electron chi connectivity index (χ0n) is 16.7. The maximum atomic E-state index is 12.9. The van der Waals surface area contributed by atoms with Gasteiger partial charge in [0.05, 0.1) is 11.1 Å². The van der Waals surface area contributed by atoms with E-state index in [1.54, 1.807) is 12.3 Å². The number of alkyl halides is 3. The molecule has 0 amide bonds. The van der Waals surface area contributed by atoms with Crippen molar-refractivity contribution in [2.75, 3.05) is 25.0 Å². The third-order valence-corrected chi connectivity index (χ3v) is 5.52. The van der Waals surface area contributed by atoms with Gasteiger partial charge >= 0.3 is 6.18 Å². The van der Waals surface area contributed by atoms with Crippen molar-refractivity contribution in [3.63, 3.8) is 0 Å². The second-order valence-corrected chi connectivity index (χ2v) is 7.85. The number of rotatable bonds is 9. The quantitative estimate of drug-likeness (QED) is 0.295. The normalized spacial score (nSPS) is 11.9. The van der Waals surface area contributed by atoms with Crippen molar-refractivity contribution in [1.82, 2.24) is 14.9 Å². The molecule has 0 bridgehead atoms. The van der Waals surface area contributed by atoms with Crippen LogP contribution in [0.15, 0.2) is 53.4 Å². The minimum atomic E-state index is -4.37. The van der Waals surface area contributed by atoms with E-state index in [-0.39, 0.29) is 0 Å². The predicted molar refractivity (Wildman–Crippen MR) is 117 cm³/mol. The smallest absolute Gasteiger partial charge is 0.384 e. The fourth-order valence-electron chi connectivity index (χ4n) is 3.37. The highest BCUT2D eigenvalue weighted by molar-refractivity contribution is 9.10. The average molecular weight is 481 g/mol. The van der Waals surface area contributed by atoms with Crippen LogP contribution in [0, 0.1) is 0 Å². The number of benzene rings is 1. The molecule has 4 nitrogen and oxygen atoms in total. The molecule has 1 N–H and O–H groups in total. The van der Waals surface area contributed by atoms with Gasteiger partial charge in [0.1, 0.15) is 4.60 Å². The Hall–Kier alpha value is -2.19. The topological polar surface area (TPSA) is 41.0 Å². The Labute approximate surface area is 182 Å². The van der Waals surface area contributed by atoms with Gasteiger partial charge in [-0.05, 0) is 65.1 Å². The van der Waals surface area contributed by atoms with Gasteiger partial charge in [0.25, 0.3) is 0 Å². The Morgan fingerprint density at radius 1 is 1.07 bits per heavy atom. The van der Waals surface area contributed by atoms with Gasteiger partial charge in [-0.2, -0.15) is 13.2 Å². The van der Waals surface area contributed by atoms with E-state index < -0.39 is 11.7 Å². The van der Waals surface area contributed by atoms with E-state index in [2.05, 4.69) is 49.1 Å². The Bertz CT molecular complexity index is 978. The number of fused-ring (bicyclic) bond motifs is 1. The van der Waals surface area contributed by atoms with Gasteiger partial charge < -0.3 is 5.32 Å². The summed E-state index contributed by atoms with van der Waals surface area (Å²) in [4.78, 5) is 10.8. The molecule has 0 spiro atoms. The zero-order chi connectivity index (χ0) is 21.6. The molecule has 0 atom stereocenters. The van der Waals surface area contributed by atoms with Crippen molar-refractivity contribution in [2.45, 2.75) is 32.5 Å². The molecule has 8 heteroatoms. The largest absolute Gasteiger partial charge is 0.416 e. The summed E-state index contributed by atoms with van der Waals surface area (Å²) < 4.78 is 39.7. The Kier molecular flexibility index (Phi) is 7.66. The molecule has 2 aromatic heterocycles. The Morgan fingerprint density at radius 3 is 2.63 bits per heavy atom. The standard InChI is InChI=1S/C22H24BrF3N4/c1-2-12-30(15-16-5-3-9-29-21(16)23)13-4-10-27-19-8-11-28-20-14-17(22(24,25)26)6-7-18(19)20/h3,5-9,11,14H,2,4,10,12-13,15H2,1H3,(H,27,28). The Morgan fingerprint density at radius 2 is 1.90 bits per heavy atom. The fourth-order valence-corrected chi connectivity index (χ4v) is 3.74. The molecule has 0 saturated heterocycles. The minimum Gasteiger partial charge on any atom is -0.384 e. The molecule has 0 aliphatic rings. The zero-order valence-corrected chi connectivity index (χ0v) is 18.3. The van der Waals surface area contributed by atoms with E-state index in [1.807, 2.05) is 6.07 Å². The summed E-state index contributed by atoms with van der Waals surface area (Å²) in [6.45, 7) is 5.58. The molecule has 1 aromatic carbocycles. The highest BCUT2D eigenvalue weighted by Crippen LogP contribution is 2.32. The molecule has 160 valence electrons. The molecule has 3 rings (SSSR count). The van der Waals surface area contributed by atoms with Gasteiger partial charge in [0, 0.05) is 43.1 Å². The molecule has 2 heterocycles. The van der Waals surface area contributed by atoms with Gasteiger partial charge in [0.15, 0.2) is 0 Å². The number of hydrogen-bond acceptors (Lipinski definition) is 4. The third-order valence-electron chi connectivity index (χ3n) is 4.81. The average Bonchev–Trinajstić information content (AvgIpc) is 2.72. The fraction of sp³-hybridized carbons (Fsp3) is 0.364. The van der Waals surface area contributed by atoms with E-state index in [1.165, 1.54) is 12.3 Å². The first-order valence-electron chi connectivity index (χ1n) is 9.90. The van der Waals surface area contributed by atoms with Crippen molar-refractivity contribution >= 4 is 32.5 Å². The summed E-state index contributed by atoms with van der Waals surface area (Å²) in [5.74, 6) is 0. The number of halogens is 4. The summed E-state index contributed by atoms with van der Waals surface area (Å²) in [6, 6.07) is 9.48. The lowest BCUT2D eigenvalue weighted by molar-refractivity contribution is -0.137. The summed E-state index contributed by atoms with van der Waals surface area (Å²) in [5, 5.41) is 4.04. The monoisotopic (exact) mass is 480 g/mol. The highest BCUT2D eigenvalue weighted by Gasteiger charge is 2.30. The first-order valence-corrected chi connectivity index (χ1v) is 10.7. The predicted octanol–water partition coefficient (Wildman–Crippen LogP) is 6.13. The second-order valence-electron chi connectivity index (χ2n) is 7.10. The van der Waals surface area contributed by atoms with Crippen molar-refractivity contribution in [3.05, 3.63) is 64.5 Å². The molecule has 0 unspecified atom stereocenters. The number of anilines is 1. The van der Waals surface area contributed by atoms with E-state index in [0.29, 0.717) is 17.4 Å². The van der Waals surface area contributed by atoms with Crippen LogP contribution in [0.3, 0.4) is 0 Å². The molecular formula is C22H24BrF3N4. The van der Waals surface area contributed by atoms with E-state index in [4.69, 9.17) is 0 Å². The van der Waals surface area contributed by atoms with Crippen molar-refractivity contribution in [3.8, 4) is 0 Å². The third kappa shape index (κ3) is 5.92. The Balaban J connectivity index is 1.60. The summed E-state index contributed by atoms with van der Waals surface area (Å²) >= 11 is 3.50. The van der Waals surface area contributed by atoms with Crippen molar-refractivity contribution < 1.29 is 13.2 Å². The van der Waals surface area contributed by atoms with E-state index >= 15 is 0 Å². The molecule has 0 saturated carbocycles. The van der Waals surface area contributed by atoms with Crippen molar-refractivity contribution in [2.24, 2.45) is 0 Å². The number of aromatic nitrogens is 2. The van der Waals surface area contributed by atoms with Gasteiger partial charge in [-0.1, -0.05) is 19.1 Å². The minimum absolute atomic E-state index is 0.337. The van der Waals surface area contributed by atoms with Gasteiger partial charge in [0.2, 0.25) is 0 Å². The van der Waals surface area contributed by atoms with E-state index in [0.717, 1.165) is 60.5 Å². The van der Waals surface area contributed by atoms with Crippen LogP contribution in [-0.4, -0.2) is 34.5 Å². The number of nitrogens with one attached hydrogen (secondary N) is 1. The lowest BCUT2D eigenvalue weighted by Crippen LogP contribution is -2.27. The SMILES string of the molecule is CCCN(CCCNc1ccnc2cc(C(F)(F)F)ccc12)Cc1cccnc1Br. The van der Waals surface area contributed by atoms with Gasteiger partial charge in [-0.3, -0.25) is 9.88 Å². The van der Waals surface area contributed by atoms with Crippen LogP contribution < -0.4 is 5.32 Å². The summed E-state index contributed by atoms with van der Waals surface area (Å²) in [6.07, 6.45) is 0.891. The molecule has 3 aromatic rings. The molecule has 0 aliphatic carbocycles. The maximum absolute atomic E-state index is 12.9. The number of pyridine rings is 2. The lowest BCUT2D eigenvalue weighted by atomic mass is 10.1. The van der Waals surface area contributed by atoms with Crippen LogP contribution in [0.1, 0.15) is 30.9 Å². The van der Waals surface area contributed by atoms with Gasteiger partial charge in [-0.25, -0.2) is 4.98 Å². The van der Waals surface area contributed by atoms with Crippen LogP contribution in [0.2, 0.25) is 0 Å². The maximum Gasteiger partial charge on any atom is 0.416 e. The van der Waals surface area contributed by atoms with Gasteiger partial charge in [-0.15, -0.1) is 0 Å². The molecule has 0 radical (unpaired) electrons. The van der Waals surface area contributed by atoms with E-state index in [9.17, 15) is 13.2 Å². The van der Waals surface area contributed by atoms with Crippen LogP contribution in [0.4, 0.5) is 18.9 Å². The number of nitrogens with zero attached hydrogens (tertiary/aromatic N) is 3. The molecule has 0 fully saturated rings. The van der Waals surface area contributed by atoms with Crippen LogP contribution in [-0.2, 0) is 12.7 Å².